The molecule has 2 aromatic carbocycles. The fourth-order valence-electron chi connectivity index (χ4n) is 2.55. The number of carbonyl (C=O) groups is 1. The number of fused-ring (bicyclic) bond motifs is 1. The van der Waals surface area contributed by atoms with Crippen molar-refractivity contribution < 1.29 is 14.5 Å². The van der Waals surface area contributed by atoms with Crippen LogP contribution in [-0.2, 0) is 11.3 Å². The van der Waals surface area contributed by atoms with Gasteiger partial charge in [-0.05, 0) is 25.1 Å². The lowest BCUT2D eigenvalue weighted by molar-refractivity contribution is -0.384. The number of hydrogen-bond acceptors (Lipinski definition) is 5. The third-order valence-corrected chi connectivity index (χ3v) is 5.23. The molecule has 0 saturated carbocycles. The van der Waals surface area contributed by atoms with Crippen molar-refractivity contribution in [3.8, 4) is 0 Å². The molecule has 1 heterocycles. The predicted molar refractivity (Wildman–Crippen MR) is 104 cm³/mol. The minimum Gasteiger partial charge on any atom is -0.380 e. The summed E-state index contributed by atoms with van der Waals surface area (Å²) in [6.45, 7) is 3.25. The van der Waals surface area contributed by atoms with Crippen molar-refractivity contribution in [1.29, 1.82) is 0 Å². The maximum absolute atomic E-state index is 12.6. The molecular formula is C18H16ClN3O4S. The lowest BCUT2D eigenvalue weighted by atomic mass is 10.2. The molecule has 0 unspecified atom stereocenters. The van der Waals surface area contributed by atoms with Crippen LogP contribution < -0.4 is 4.80 Å². The average molecular weight is 406 g/mol. The van der Waals surface area contributed by atoms with E-state index in [9.17, 15) is 14.9 Å². The zero-order valence-corrected chi connectivity index (χ0v) is 16.0. The Morgan fingerprint density at radius 1 is 1.33 bits per heavy atom. The van der Waals surface area contributed by atoms with Gasteiger partial charge in [0.25, 0.3) is 11.6 Å². The molecular weight excluding hydrogens is 390 g/mol. The summed E-state index contributed by atoms with van der Waals surface area (Å²) in [5, 5.41) is 11.4. The maximum Gasteiger partial charge on any atom is 0.281 e. The Bertz CT molecular complexity index is 1070. The summed E-state index contributed by atoms with van der Waals surface area (Å²) in [4.78, 5) is 27.9. The monoisotopic (exact) mass is 405 g/mol. The van der Waals surface area contributed by atoms with E-state index in [0.29, 0.717) is 40.7 Å². The van der Waals surface area contributed by atoms with E-state index >= 15 is 0 Å². The fourth-order valence-corrected chi connectivity index (χ4v) is 3.81. The second kappa shape index (κ2) is 8.43. The third-order valence-electron chi connectivity index (χ3n) is 3.84. The molecule has 0 aliphatic heterocycles. The van der Waals surface area contributed by atoms with E-state index in [2.05, 4.69) is 4.99 Å². The summed E-state index contributed by atoms with van der Waals surface area (Å²) in [6.07, 6.45) is 0. The SMILES string of the molecule is CCOCCn1c(=NC(=O)c2ccccc2Cl)sc2ccc([N+](=O)[O-])cc21. The van der Waals surface area contributed by atoms with Crippen molar-refractivity contribution in [2.24, 2.45) is 4.99 Å². The fraction of sp³-hybridized carbons (Fsp3) is 0.222. The molecule has 1 aromatic heterocycles. The number of halogens is 1. The Balaban J connectivity index is 2.12. The number of aromatic nitrogens is 1. The van der Waals surface area contributed by atoms with Crippen molar-refractivity contribution in [2.75, 3.05) is 13.2 Å². The predicted octanol–water partition coefficient (Wildman–Crippen LogP) is 4.04. The zero-order valence-electron chi connectivity index (χ0n) is 14.4. The molecule has 3 rings (SSSR count). The Kier molecular flexibility index (Phi) is 6.00. The van der Waals surface area contributed by atoms with E-state index in [1.165, 1.54) is 23.5 Å². The van der Waals surface area contributed by atoms with Gasteiger partial charge in [-0.2, -0.15) is 4.99 Å². The van der Waals surface area contributed by atoms with E-state index in [1.807, 2.05) is 6.92 Å². The second-order valence-corrected chi connectivity index (χ2v) is 6.96. The minimum atomic E-state index is -0.466. The van der Waals surface area contributed by atoms with Crippen LogP contribution in [0.4, 0.5) is 5.69 Å². The molecule has 0 radical (unpaired) electrons. The molecule has 0 bridgehead atoms. The normalized spacial score (nSPS) is 11.9. The summed E-state index contributed by atoms with van der Waals surface area (Å²) in [7, 11) is 0. The largest absolute Gasteiger partial charge is 0.380 e. The molecule has 0 aliphatic rings. The molecule has 3 aromatic rings. The number of amides is 1. The molecule has 0 N–H and O–H groups in total. The molecule has 0 saturated heterocycles. The molecule has 9 heteroatoms. The van der Waals surface area contributed by atoms with Crippen molar-refractivity contribution >= 4 is 44.7 Å². The number of nitro groups is 1. The summed E-state index contributed by atoms with van der Waals surface area (Å²) in [5.74, 6) is -0.466. The lowest BCUT2D eigenvalue weighted by Crippen LogP contribution is -2.20. The zero-order chi connectivity index (χ0) is 19.4. The van der Waals surface area contributed by atoms with Crippen LogP contribution in [0, 0.1) is 10.1 Å². The molecule has 140 valence electrons. The van der Waals surface area contributed by atoms with Crippen LogP contribution in [0.15, 0.2) is 47.5 Å². The van der Waals surface area contributed by atoms with Crippen LogP contribution in [0.1, 0.15) is 17.3 Å². The Labute approximate surface area is 163 Å². The topological polar surface area (TPSA) is 86.7 Å². The first-order valence-corrected chi connectivity index (χ1v) is 9.40. The van der Waals surface area contributed by atoms with E-state index in [4.69, 9.17) is 16.3 Å². The number of hydrogen-bond donors (Lipinski definition) is 0. The Morgan fingerprint density at radius 3 is 2.81 bits per heavy atom. The van der Waals surface area contributed by atoms with Crippen molar-refractivity contribution in [1.82, 2.24) is 4.57 Å². The van der Waals surface area contributed by atoms with Crippen LogP contribution in [0.5, 0.6) is 0 Å². The van der Waals surface area contributed by atoms with E-state index in [0.717, 1.165) is 4.70 Å². The van der Waals surface area contributed by atoms with Crippen molar-refractivity contribution in [3.05, 3.63) is 68.0 Å². The van der Waals surface area contributed by atoms with Gasteiger partial charge in [-0.15, -0.1) is 0 Å². The van der Waals surface area contributed by atoms with Gasteiger partial charge < -0.3 is 9.30 Å². The van der Waals surface area contributed by atoms with Crippen LogP contribution in [0.3, 0.4) is 0 Å². The van der Waals surface area contributed by atoms with Gasteiger partial charge in [-0.3, -0.25) is 14.9 Å². The van der Waals surface area contributed by atoms with Crippen LogP contribution in [0.25, 0.3) is 10.2 Å². The highest BCUT2D eigenvalue weighted by molar-refractivity contribution is 7.16. The maximum atomic E-state index is 12.6. The Hall–Kier alpha value is -2.55. The van der Waals surface area contributed by atoms with Gasteiger partial charge >= 0.3 is 0 Å². The van der Waals surface area contributed by atoms with Crippen LogP contribution in [-0.4, -0.2) is 28.6 Å². The van der Waals surface area contributed by atoms with Crippen molar-refractivity contribution in [2.45, 2.75) is 13.5 Å². The number of ether oxygens (including phenoxy) is 1. The van der Waals surface area contributed by atoms with Crippen LogP contribution >= 0.6 is 22.9 Å². The highest BCUT2D eigenvalue weighted by atomic mass is 35.5. The van der Waals surface area contributed by atoms with Crippen molar-refractivity contribution in [3.63, 3.8) is 0 Å². The van der Waals surface area contributed by atoms with E-state index < -0.39 is 10.8 Å². The number of nitro benzene ring substituents is 1. The first-order valence-electron chi connectivity index (χ1n) is 8.20. The number of benzene rings is 2. The van der Waals surface area contributed by atoms with Gasteiger partial charge in [-0.25, -0.2) is 0 Å². The molecule has 27 heavy (non-hydrogen) atoms. The van der Waals surface area contributed by atoms with Gasteiger partial charge in [-0.1, -0.05) is 35.1 Å². The molecule has 7 nitrogen and oxygen atoms in total. The number of thiazole rings is 1. The second-order valence-electron chi connectivity index (χ2n) is 5.54. The van der Waals surface area contributed by atoms with E-state index in [-0.39, 0.29) is 5.69 Å². The van der Waals surface area contributed by atoms with Gasteiger partial charge in [0.15, 0.2) is 4.80 Å². The highest BCUT2D eigenvalue weighted by Gasteiger charge is 2.14. The van der Waals surface area contributed by atoms with E-state index in [1.54, 1.807) is 34.9 Å². The lowest BCUT2D eigenvalue weighted by Gasteiger charge is -2.05. The molecule has 0 atom stereocenters. The highest BCUT2D eigenvalue weighted by Crippen LogP contribution is 2.23. The third kappa shape index (κ3) is 4.24. The first kappa shape index (κ1) is 19.2. The minimum absolute atomic E-state index is 0.0190. The van der Waals surface area contributed by atoms with Gasteiger partial charge in [0.1, 0.15) is 0 Å². The first-order chi connectivity index (χ1) is 13.0. The van der Waals surface area contributed by atoms with Gasteiger partial charge in [0.2, 0.25) is 0 Å². The molecule has 1 amide bonds. The summed E-state index contributed by atoms with van der Waals surface area (Å²) < 4.78 is 7.95. The number of rotatable bonds is 6. The number of non-ortho nitro benzene ring substituents is 1. The smallest absolute Gasteiger partial charge is 0.281 e. The van der Waals surface area contributed by atoms with Gasteiger partial charge in [0, 0.05) is 25.3 Å². The summed E-state index contributed by atoms with van der Waals surface area (Å²) in [5.41, 5.74) is 0.924. The van der Waals surface area contributed by atoms with Gasteiger partial charge in [0.05, 0.1) is 32.3 Å². The summed E-state index contributed by atoms with van der Waals surface area (Å²) >= 11 is 7.37. The van der Waals surface area contributed by atoms with Crippen LogP contribution in [0.2, 0.25) is 5.02 Å². The average Bonchev–Trinajstić information content (AvgIpc) is 2.98. The summed E-state index contributed by atoms with van der Waals surface area (Å²) in [6, 6.07) is 11.3. The standard InChI is InChI=1S/C18H16ClN3O4S/c1-2-26-10-9-21-15-11-12(22(24)25)7-8-16(15)27-18(21)20-17(23)13-5-3-4-6-14(13)19/h3-8,11H,2,9-10H2,1H3. The Morgan fingerprint density at radius 2 is 2.11 bits per heavy atom. The quantitative estimate of drug-likeness (QED) is 0.352. The molecule has 0 fully saturated rings. The molecule has 0 aliphatic carbocycles. The molecule has 0 spiro atoms. The number of carbonyl (C=O) groups excluding carboxylic acids is 1. The number of nitrogens with zero attached hydrogens (tertiary/aromatic N) is 3.